The van der Waals surface area contributed by atoms with Gasteiger partial charge in [-0.25, -0.2) is 0 Å². The number of benzene rings is 2. The van der Waals surface area contributed by atoms with Gasteiger partial charge in [0, 0.05) is 17.0 Å². The second-order valence-corrected chi connectivity index (χ2v) is 5.17. The molecule has 1 saturated carbocycles. The summed E-state index contributed by atoms with van der Waals surface area (Å²) in [5.41, 5.74) is 0.657. The van der Waals surface area contributed by atoms with Crippen molar-refractivity contribution < 1.29 is 9.90 Å². The van der Waals surface area contributed by atoms with Crippen LogP contribution < -0.4 is 5.32 Å². The van der Waals surface area contributed by atoms with Crippen LogP contribution in [0.1, 0.15) is 36.0 Å². The van der Waals surface area contributed by atoms with Gasteiger partial charge < -0.3 is 10.4 Å². The van der Waals surface area contributed by atoms with Gasteiger partial charge in [0.1, 0.15) is 5.75 Å². The fraction of sp³-hybridized carbons (Fsp3) is 0.312. The first-order valence-corrected chi connectivity index (χ1v) is 6.76. The average molecular weight is 255 g/mol. The lowest BCUT2D eigenvalue weighted by molar-refractivity contribution is 0.0938. The highest BCUT2D eigenvalue weighted by atomic mass is 16.3. The quantitative estimate of drug-likeness (QED) is 0.865. The van der Waals surface area contributed by atoms with Crippen LogP contribution in [0, 0.1) is 0 Å². The van der Waals surface area contributed by atoms with E-state index in [1.807, 2.05) is 12.1 Å². The van der Waals surface area contributed by atoms with Crippen LogP contribution in [0.25, 0.3) is 10.8 Å². The van der Waals surface area contributed by atoms with Crippen molar-refractivity contribution in [2.24, 2.45) is 0 Å². The number of rotatable bonds is 2. The molecule has 1 amide bonds. The molecule has 0 saturated heterocycles. The van der Waals surface area contributed by atoms with Gasteiger partial charge in [0.05, 0.1) is 0 Å². The molecule has 3 heteroatoms. The molecule has 0 spiro atoms. The number of fused-ring (bicyclic) bond motifs is 1. The summed E-state index contributed by atoms with van der Waals surface area (Å²) in [4.78, 5) is 12.2. The van der Waals surface area contributed by atoms with Crippen molar-refractivity contribution in [1.82, 2.24) is 5.32 Å². The molecule has 0 atom stereocenters. The minimum atomic E-state index is -0.0165. The standard InChI is InChI=1S/C16H17NO2/c18-15-7-3-4-11-10-12(8-9-14(11)15)16(19)17-13-5-1-2-6-13/h3-4,7-10,13,18H,1-2,5-6H2,(H,17,19). The molecule has 2 aromatic rings. The first-order valence-electron chi connectivity index (χ1n) is 6.76. The lowest BCUT2D eigenvalue weighted by atomic mass is 10.1. The number of carbonyl (C=O) groups is 1. The van der Waals surface area contributed by atoms with E-state index in [9.17, 15) is 9.90 Å². The summed E-state index contributed by atoms with van der Waals surface area (Å²) < 4.78 is 0. The fourth-order valence-corrected chi connectivity index (χ4v) is 2.75. The van der Waals surface area contributed by atoms with Gasteiger partial charge in [-0.05, 0) is 42.5 Å². The molecule has 0 aromatic heterocycles. The van der Waals surface area contributed by atoms with E-state index < -0.39 is 0 Å². The third-order valence-corrected chi connectivity index (χ3v) is 3.81. The van der Waals surface area contributed by atoms with E-state index in [1.54, 1.807) is 24.3 Å². The van der Waals surface area contributed by atoms with Crippen LogP contribution in [0.2, 0.25) is 0 Å². The predicted molar refractivity (Wildman–Crippen MR) is 75.3 cm³/mol. The third kappa shape index (κ3) is 2.41. The number of hydrogen-bond donors (Lipinski definition) is 2. The van der Waals surface area contributed by atoms with E-state index in [4.69, 9.17) is 0 Å². The Morgan fingerprint density at radius 3 is 2.74 bits per heavy atom. The Hall–Kier alpha value is -2.03. The van der Waals surface area contributed by atoms with E-state index in [2.05, 4.69) is 5.32 Å². The van der Waals surface area contributed by atoms with E-state index in [-0.39, 0.29) is 11.7 Å². The minimum Gasteiger partial charge on any atom is -0.507 e. The summed E-state index contributed by atoms with van der Waals surface area (Å²) in [6.07, 6.45) is 4.58. The molecule has 0 radical (unpaired) electrons. The fourth-order valence-electron chi connectivity index (χ4n) is 2.75. The minimum absolute atomic E-state index is 0.0165. The van der Waals surface area contributed by atoms with Gasteiger partial charge in [-0.15, -0.1) is 0 Å². The maximum atomic E-state index is 12.2. The molecule has 0 heterocycles. The Labute approximate surface area is 112 Å². The zero-order valence-corrected chi connectivity index (χ0v) is 10.7. The summed E-state index contributed by atoms with van der Waals surface area (Å²) >= 11 is 0. The number of amides is 1. The summed E-state index contributed by atoms with van der Waals surface area (Å²) in [5.74, 6) is 0.234. The maximum Gasteiger partial charge on any atom is 0.251 e. The molecule has 0 aliphatic heterocycles. The van der Waals surface area contributed by atoms with Crippen LogP contribution in [0.4, 0.5) is 0 Å². The molecule has 3 nitrogen and oxygen atoms in total. The molecule has 1 fully saturated rings. The summed E-state index contributed by atoms with van der Waals surface area (Å²) in [6, 6.07) is 11.1. The zero-order chi connectivity index (χ0) is 13.2. The van der Waals surface area contributed by atoms with Gasteiger partial charge >= 0.3 is 0 Å². The maximum absolute atomic E-state index is 12.2. The molecule has 0 bridgehead atoms. The van der Waals surface area contributed by atoms with Crippen molar-refractivity contribution in [2.75, 3.05) is 0 Å². The molecular weight excluding hydrogens is 238 g/mol. The molecule has 1 aliphatic rings. The van der Waals surface area contributed by atoms with Crippen LogP contribution in [0.5, 0.6) is 5.75 Å². The van der Waals surface area contributed by atoms with Crippen LogP contribution in [0.15, 0.2) is 36.4 Å². The van der Waals surface area contributed by atoms with Crippen molar-refractivity contribution >= 4 is 16.7 Å². The summed E-state index contributed by atoms with van der Waals surface area (Å²) in [6.45, 7) is 0. The summed E-state index contributed by atoms with van der Waals surface area (Å²) in [5, 5.41) is 14.5. The van der Waals surface area contributed by atoms with Gasteiger partial charge in [-0.3, -0.25) is 4.79 Å². The first kappa shape index (κ1) is 12.0. The zero-order valence-electron chi connectivity index (χ0n) is 10.7. The Balaban J connectivity index is 1.86. The summed E-state index contributed by atoms with van der Waals surface area (Å²) in [7, 11) is 0. The number of carbonyl (C=O) groups excluding carboxylic acids is 1. The molecular formula is C16H17NO2. The van der Waals surface area contributed by atoms with Crippen molar-refractivity contribution in [3.8, 4) is 5.75 Å². The number of nitrogens with one attached hydrogen (secondary N) is 1. The predicted octanol–water partition coefficient (Wildman–Crippen LogP) is 3.22. The van der Waals surface area contributed by atoms with Crippen molar-refractivity contribution in [1.29, 1.82) is 0 Å². The van der Waals surface area contributed by atoms with Crippen molar-refractivity contribution in [2.45, 2.75) is 31.7 Å². The Morgan fingerprint density at radius 1 is 1.16 bits per heavy atom. The highest BCUT2D eigenvalue weighted by molar-refractivity contribution is 5.99. The number of aromatic hydroxyl groups is 1. The number of hydrogen-bond acceptors (Lipinski definition) is 2. The van der Waals surface area contributed by atoms with Crippen LogP contribution in [-0.2, 0) is 0 Å². The van der Waals surface area contributed by atoms with E-state index in [0.717, 1.165) is 23.6 Å². The van der Waals surface area contributed by atoms with Gasteiger partial charge in [0.15, 0.2) is 0 Å². The van der Waals surface area contributed by atoms with Gasteiger partial charge in [0.25, 0.3) is 5.91 Å². The van der Waals surface area contributed by atoms with E-state index in [1.165, 1.54) is 12.8 Å². The van der Waals surface area contributed by atoms with Gasteiger partial charge in [-0.2, -0.15) is 0 Å². The highest BCUT2D eigenvalue weighted by Crippen LogP contribution is 2.25. The van der Waals surface area contributed by atoms with E-state index in [0.29, 0.717) is 11.6 Å². The molecule has 3 rings (SSSR count). The molecule has 2 N–H and O–H groups in total. The molecule has 2 aromatic carbocycles. The number of phenolic OH excluding ortho intramolecular Hbond substituents is 1. The van der Waals surface area contributed by atoms with Gasteiger partial charge in [0.2, 0.25) is 0 Å². The third-order valence-electron chi connectivity index (χ3n) is 3.81. The Bertz CT molecular complexity index is 615. The lowest BCUT2D eigenvalue weighted by Gasteiger charge is -2.12. The monoisotopic (exact) mass is 255 g/mol. The topological polar surface area (TPSA) is 49.3 Å². The average Bonchev–Trinajstić information content (AvgIpc) is 2.91. The van der Waals surface area contributed by atoms with Crippen LogP contribution >= 0.6 is 0 Å². The second-order valence-electron chi connectivity index (χ2n) is 5.17. The van der Waals surface area contributed by atoms with Crippen molar-refractivity contribution in [3.63, 3.8) is 0 Å². The normalized spacial score (nSPS) is 15.8. The SMILES string of the molecule is O=C(NC1CCCC1)c1ccc2c(O)cccc2c1. The molecule has 98 valence electrons. The van der Waals surface area contributed by atoms with E-state index >= 15 is 0 Å². The molecule has 0 unspecified atom stereocenters. The lowest BCUT2D eigenvalue weighted by Crippen LogP contribution is -2.32. The Kier molecular flexibility index (Phi) is 3.11. The van der Waals surface area contributed by atoms with Crippen molar-refractivity contribution in [3.05, 3.63) is 42.0 Å². The second kappa shape index (κ2) is 4.92. The van der Waals surface area contributed by atoms with Gasteiger partial charge in [-0.1, -0.05) is 25.0 Å². The molecule has 19 heavy (non-hydrogen) atoms. The molecule has 1 aliphatic carbocycles. The number of phenols is 1. The smallest absolute Gasteiger partial charge is 0.251 e. The first-order chi connectivity index (χ1) is 9.24. The van der Waals surface area contributed by atoms with Crippen LogP contribution in [0.3, 0.4) is 0 Å². The largest absolute Gasteiger partial charge is 0.507 e. The van der Waals surface area contributed by atoms with Crippen LogP contribution in [-0.4, -0.2) is 17.1 Å². The Morgan fingerprint density at radius 2 is 1.95 bits per heavy atom. The highest BCUT2D eigenvalue weighted by Gasteiger charge is 2.18.